The van der Waals surface area contributed by atoms with Crippen molar-refractivity contribution in [2.24, 2.45) is 11.3 Å². The first-order valence-corrected chi connectivity index (χ1v) is 9.88. The number of amides is 1. The van der Waals surface area contributed by atoms with Gasteiger partial charge in [0.05, 0.1) is 0 Å². The van der Waals surface area contributed by atoms with E-state index in [2.05, 4.69) is 4.90 Å². The summed E-state index contributed by atoms with van der Waals surface area (Å²) in [5, 5.41) is 9.61. The molecule has 1 amide bonds. The lowest BCUT2D eigenvalue weighted by atomic mass is 9.76. The quantitative estimate of drug-likeness (QED) is 0.880. The van der Waals surface area contributed by atoms with E-state index in [-0.39, 0.29) is 23.1 Å². The van der Waals surface area contributed by atoms with Gasteiger partial charge < -0.3 is 10.0 Å². The Morgan fingerprint density at radius 1 is 1.26 bits per heavy atom. The SMILES string of the molecule is Cc1c(F)cccc1CN1CCC2(CC1)C[C@H](C(=O)O)N(C(=O)C1CC1)C2. The molecule has 3 aliphatic rings. The molecule has 27 heavy (non-hydrogen) atoms. The second kappa shape index (κ2) is 6.89. The molecule has 0 aromatic heterocycles. The number of nitrogens with zero attached hydrogens (tertiary/aromatic N) is 2. The van der Waals surface area contributed by atoms with Crippen LogP contribution in [0.4, 0.5) is 4.39 Å². The van der Waals surface area contributed by atoms with Crippen molar-refractivity contribution in [1.29, 1.82) is 0 Å². The van der Waals surface area contributed by atoms with Crippen LogP contribution in [0.5, 0.6) is 0 Å². The fraction of sp³-hybridized carbons (Fsp3) is 0.619. The third-order valence-electron chi connectivity index (χ3n) is 6.69. The predicted octanol–water partition coefficient (Wildman–Crippen LogP) is 2.81. The molecular weight excluding hydrogens is 347 g/mol. The molecule has 1 aromatic carbocycles. The molecule has 0 radical (unpaired) electrons. The molecule has 4 rings (SSSR count). The zero-order valence-electron chi connectivity index (χ0n) is 15.8. The van der Waals surface area contributed by atoms with E-state index in [1.807, 2.05) is 13.0 Å². The van der Waals surface area contributed by atoms with E-state index in [0.717, 1.165) is 44.3 Å². The first-order valence-electron chi connectivity index (χ1n) is 9.88. The summed E-state index contributed by atoms with van der Waals surface area (Å²) in [5.74, 6) is -0.955. The molecule has 3 fully saturated rings. The Hall–Kier alpha value is -1.95. The van der Waals surface area contributed by atoms with E-state index >= 15 is 0 Å². The molecule has 6 heteroatoms. The van der Waals surface area contributed by atoms with Gasteiger partial charge in [0.25, 0.3) is 0 Å². The Kier molecular flexibility index (Phi) is 4.70. The van der Waals surface area contributed by atoms with Crippen molar-refractivity contribution in [1.82, 2.24) is 9.80 Å². The number of likely N-dealkylation sites (tertiary alicyclic amines) is 2. The number of carboxylic acids is 1. The van der Waals surface area contributed by atoms with Gasteiger partial charge >= 0.3 is 5.97 Å². The summed E-state index contributed by atoms with van der Waals surface area (Å²) in [4.78, 5) is 28.2. The van der Waals surface area contributed by atoms with Gasteiger partial charge in [-0.25, -0.2) is 9.18 Å². The molecule has 5 nitrogen and oxygen atoms in total. The van der Waals surface area contributed by atoms with Gasteiger partial charge in [0, 0.05) is 19.0 Å². The monoisotopic (exact) mass is 374 g/mol. The number of halogens is 1. The second-order valence-electron chi connectivity index (χ2n) is 8.60. The normalized spacial score (nSPS) is 25.1. The Morgan fingerprint density at radius 3 is 2.59 bits per heavy atom. The highest BCUT2D eigenvalue weighted by molar-refractivity contribution is 5.87. The van der Waals surface area contributed by atoms with E-state index in [1.54, 1.807) is 11.0 Å². The average Bonchev–Trinajstić information content (AvgIpc) is 3.42. The number of piperidine rings is 1. The lowest BCUT2D eigenvalue weighted by molar-refractivity contribution is -0.148. The molecule has 2 aliphatic heterocycles. The van der Waals surface area contributed by atoms with Crippen molar-refractivity contribution in [2.45, 2.75) is 51.6 Å². The van der Waals surface area contributed by atoms with Crippen LogP contribution in [0.1, 0.15) is 43.2 Å². The van der Waals surface area contributed by atoms with Crippen LogP contribution in [0.3, 0.4) is 0 Å². The third-order valence-corrected chi connectivity index (χ3v) is 6.69. The number of carbonyl (C=O) groups excluding carboxylic acids is 1. The van der Waals surface area contributed by atoms with Gasteiger partial charge in [0.1, 0.15) is 11.9 Å². The van der Waals surface area contributed by atoms with Crippen LogP contribution in [-0.2, 0) is 16.1 Å². The van der Waals surface area contributed by atoms with Gasteiger partial charge in [-0.1, -0.05) is 12.1 Å². The minimum Gasteiger partial charge on any atom is -0.480 e. The molecule has 2 heterocycles. The lowest BCUT2D eigenvalue weighted by Gasteiger charge is -2.39. The molecular formula is C21H27FN2O3. The Balaban J connectivity index is 1.41. The lowest BCUT2D eigenvalue weighted by Crippen LogP contribution is -2.43. The highest BCUT2D eigenvalue weighted by atomic mass is 19.1. The zero-order valence-corrected chi connectivity index (χ0v) is 15.8. The number of hydrogen-bond acceptors (Lipinski definition) is 3. The topological polar surface area (TPSA) is 60.9 Å². The van der Waals surface area contributed by atoms with Crippen LogP contribution >= 0.6 is 0 Å². The number of aliphatic carboxylic acids is 1. The van der Waals surface area contributed by atoms with Crippen molar-refractivity contribution in [3.63, 3.8) is 0 Å². The largest absolute Gasteiger partial charge is 0.480 e. The van der Waals surface area contributed by atoms with Crippen molar-refractivity contribution >= 4 is 11.9 Å². The van der Waals surface area contributed by atoms with Gasteiger partial charge in [-0.15, -0.1) is 0 Å². The van der Waals surface area contributed by atoms with Gasteiger partial charge in [-0.2, -0.15) is 0 Å². The van der Waals surface area contributed by atoms with Crippen molar-refractivity contribution < 1.29 is 19.1 Å². The summed E-state index contributed by atoms with van der Waals surface area (Å²) >= 11 is 0. The summed E-state index contributed by atoms with van der Waals surface area (Å²) in [6.07, 6.45) is 4.14. The predicted molar refractivity (Wildman–Crippen MR) is 98.6 cm³/mol. The maximum absolute atomic E-state index is 13.8. The maximum Gasteiger partial charge on any atom is 0.326 e. The molecule has 146 valence electrons. The van der Waals surface area contributed by atoms with Crippen molar-refractivity contribution in [2.75, 3.05) is 19.6 Å². The summed E-state index contributed by atoms with van der Waals surface area (Å²) in [6.45, 7) is 4.81. The van der Waals surface area contributed by atoms with E-state index in [9.17, 15) is 19.1 Å². The molecule has 0 unspecified atom stereocenters. The maximum atomic E-state index is 13.8. The van der Waals surface area contributed by atoms with E-state index in [0.29, 0.717) is 25.1 Å². The van der Waals surface area contributed by atoms with E-state index in [1.165, 1.54) is 6.07 Å². The highest BCUT2D eigenvalue weighted by Gasteiger charge is 2.51. The Labute approximate surface area is 159 Å². The van der Waals surface area contributed by atoms with E-state index in [4.69, 9.17) is 0 Å². The standard InChI is InChI=1S/C21H27FN2O3/c1-14-16(3-2-4-17(14)22)12-23-9-7-21(8-10-23)11-18(20(26)27)24(13-21)19(25)15-5-6-15/h2-4,15,18H,5-13H2,1H3,(H,26,27)/t18-/m1/s1. The first kappa shape index (κ1) is 18.4. The van der Waals surface area contributed by atoms with Gasteiger partial charge in [0.2, 0.25) is 5.91 Å². The van der Waals surface area contributed by atoms with Gasteiger partial charge in [-0.05, 0) is 74.7 Å². The van der Waals surface area contributed by atoms with Crippen molar-refractivity contribution in [3.8, 4) is 0 Å². The average molecular weight is 374 g/mol. The smallest absolute Gasteiger partial charge is 0.326 e. The van der Waals surface area contributed by atoms with Gasteiger partial charge in [0.15, 0.2) is 0 Å². The van der Waals surface area contributed by atoms with Gasteiger partial charge in [-0.3, -0.25) is 9.69 Å². The number of hydrogen-bond donors (Lipinski definition) is 1. The number of rotatable bonds is 4. The molecule has 1 saturated carbocycles. The summed E-state index contributed by atoms with van der Waals surface area (Å²) in [5.41, 5.74) is 1.62. The highest BCUT2D eigenvalue weighted by Crippen LogP contribution is 2.45. The van der Waals surface area contributed by atoms with Crippen LogP contribution in [0.15, 0.2) is 18.2 Å². The summed E-state index contributed by atoms with van der Waals surface area (Å²) < 4.78 is 13.8. The molecule has 1 N–H and O–H groups in total. The molecule has 1 aliphatic carbocycles. The van der Waals surface area contributed by atoms with E-state index < -0.39 is 12.0 Å². The fourth-order valence-corrected chi connectivity index (χ4v) is 4.69. The van der Waals surface area contributed by atoms with Crippen LogP contribution in [0, 0.1) is 24.1 Å². The van der Waals surface area contributed by atoms with Crippen LogP contribution in [0.2, 0.25) is 0 Å². The Bertz CT molecular complexity index is 754. The zero-order chi connectivity index (χ0) is 19.2. The molecule has 1 spiro atoms. The summed E-state index contributed by atoms with van der Waals surface area (Å²) in [6, 6.07) is 4.53. The third kappa shape index (κ3) is 3.59. The molecule has 1 aromatic rings. The molecule has 1 atom stereocenters. The fourth-order valence-electron chi connectivity index (χ4n) is 4.69. The first-order chi connectivity index (χ1) is 12.9. The van der Waals surface area contributed by atoms with Crippen LogP contribution in [0.25, 0.3) is 0 Å². The molecule has 2 saturated heterocycles. The Morgan fingerprint density at radius 2 is 1.96 bits per heavy atom. The van der Waals surface area contributed by atoms with Crippen LogP contribution < -0.4 is 0 Å². The minimum absolute atomic E-state index is 0.0390. The number of carboxylic acid groups (broad SMARTS) is 1. The molecule has 0 bridgehead atoms. The van der Waals surface area contributed by atoms with Crippen molar-refractivity contribution in [3.05, 3.63) is 35.1 Å². The van der Waals surface area contributed by atoms with Crippen LogP contribution in [-0.4, -0.2) is 52.5 Å². The summed E-state index contributed by atoms with van der Waals surface area (Å²) in [7, 11) is 0. The number of benzene rings is 1. The second-order valence-corrected chi connectivity index (χ2v) is 8.60. The minimum atomic E-state index is -0.876. The number of carbonyl (C=O) groups is 2.